The Morgan fingerprint density at radius 3 is 2.38 bits per heavy atom. The van der Waals surface area contributed by atoms with Crippen molar-refractivity contribution >= 4 is 23.3 Å². The van der Waals surface area contributed by atoms with Crippen LogP contribution in [0, 0.1) is 24.4 Å². The quantitative estimate of drug-likeness (QED) is 0.626. The average molecular weight is 366 g/mol. The molecule has 2 aromatic carbocycles. The van der Waals surface area contributed by atoms with Crippen molar-refractivity contribution in [3.8, 4) is 0 Å². The molecule has 2 aromatic rings. The van der Waals surface area contributed by atoms with E-state index in [9.17, 15) is 22.8 Å². The van der Waals surface area contributed by atoms with E-state index < -0.39 is 41.1 Å². The standard InChI is InChI=1S/C18H17F3N2O3/c1-9-4-5-11(18(25)26-3)8-14(9)22-10(2)17(24)23-13-7-6-12(19)15(20)16(13)21/h4-8,10,22H,1-3H3,(H,23,24)/t10-/m0/s1. The highest BCUT2D eigenvalue weighted by molar-refractivity contribution is 5.97. The van der Waals surface area contributed by atoms with Crippen LogP contribution in [0.25, 0.3) is 0 Å². The Labute approximate surface area is 148 Å². The Hall–Kier alpha value is -3.03. The molecule has 0 spiro atoms. The van der Waals surface area contributed by atoms with Crippen molar-refractivity contribution in [1.82, 2.24) is 0 Å². The largest absolute Gasteiger partial charge is 0.465 e. The lowest BCUT2D eigenvalue weighted by Crippen LogP contribution is -2.32. The lowest BCUT2D eigenvalue weighted by atomic mass is 10.1. The topological polar surface area (TPSA) is 67.4 Å². The van der Waals surface area contributed by atoms with Gasteiger partial charge in [0.25, 0.3) is 0 Å². The summed E-state index contributed by atoms with van der Waals surface area (Å²) >= 11 is 0. The van der Waals surface area contributed by atoms with E-state index in [1.807, 2.05) is 0 Å². The summed E-state index contributed by atoms with van der Waals surface area (Å²) < 4.78 is 44.5. The van der Waals surface area contributed by atoms with Gasteiger partial charge in [-0.15, -0.1) is 0 Å². The first-order valence-corrected chi connectivity index (χ1v) is 7.64. The predicted molar refractivity (Wildman–Crippen MR) is 90.5 cm³/mol. The number of aryl methyl sites for hydroxylation is 1. The first kappa shape index (κ1) is 19.3. The molecule has 5 nitrogen and oxygen atoms in total. The van der Waals surface area contributed by atoms with E-state index in [4.69, 9.17) is 0 Å². The summed E-state index contributed by atoms with van der Waals surface area (Å²) in [5, 5.41) is 5.08. The van der Waals surface area contributed by atoms with Gasteiger partial charge >= 0.3 is 5.97 Å². The molecular weight excluding hydrogens is 349 g/mol. The number of ether oxygens (including phenoxy) is 1. The Balaban J connectivity index is 2.15. The van der Waals surface area contributed by atoms with Crippen LogP contribution in [0.4, 0.5) is 24.5 Å². The van der Waals surface area contributed by atoms with Gasteiger partial charge in [-0.05, 0) is 43.7 Å². The van der Waals surface area contributed by atoms with Crippen molar-refractivity contribution in [2.24, 2.45) is 0 Å². The van der Waals surface area contributed by atoms with Gasteiger partial charge in [-0.2, -0.15) is 0 Å². The molecule has 26 heavy (non-hydrogen) atoms. The lowest BCUT2D eigenvalue weighted by molar-refractivity contribution is -0.116. The first-order chi connectivity index (χ1) is 12.2. The molecule has 0 aliphatic heterocycles. The lowest BCUT2D eigenvalue weighted by Gasteiger charge is -2.18. The summed E-state index contributed by atoms with van der Waals surface area (Å²) in [6.45, 7) is 3.26. The highest BCUT2D eigenvalue weighted by Gasteiger charge is 2.19. The maximum absolute atomic E-state index is 13.7. The molecule has 2 rings (SSSR count). The summed E-state index contributed by atoms with van der Waals surface area (Å²) in [4.78, 5) is 23.8. The van der Waals surface area contributed by atoms with Crippen LogP contribution in [-0.2, 0) is 9.53 Å². The van der Waals surface area contributed by atoms with Crippen LogP contribution < -0.4 is 10.6 Å². The van der Waals surface area contributed by atoms with Crippen molar-refractivity contribution in [3.63, 3.8) is 0 Å². The second kappa shape index (κ2) is 7.90. The summed E-state index contributed by atoms with van der Waals surface area (Å²) in [5.41, 5.74) is 1.08. The van der Waals surface area contributed by atoms with E-state index in [2.05, 4.69) is 15.4 Å². The molecule has 0 saturated heterocycles. The van der Waals surface area contributed by atoms with Gasteiger partial charge in [-0.3, -0.25) is 4.79 Å². The van der Waals surface area contributed by atoms with E-state index in [1.165, 1.54) is 20.1 Å². The summed E-state index contributed by atoms with van der Waals surface area (Å²) in [6.07, 6.45) is 0. The zero-order chi connectivity index (χ0) is 19.4. The second-order valence-corrected chi connectivity index (χ2v) is 5.60. The van der Waals surface area contributed by atoms with Crippen LogP contribution in [0.1, 0.15) is 22.8 Å². The van der Waals surface area contributed by atoms with Crippen molar-refractivity contribution in [2.45, 2.75) is 19.9 Å². The number of nitrogens with one attached hydrogen (secondary N) is 2. The number of benzene rings is 2. The third-order valence-corrected chi connectivity index (χ3v) is 3.72. The van der Waals surface area contributed by atoms with Crippen molar-refractivity contribution in [2.75, 3.05) is 17.7 Å². The Morgan fingerprint density at radius 1 is 1.04 bits per heavy atom. The second-order valence-electron chi connectivity index (χ2n) is 5.60. The van der Waals surface area contributed by atoms with Crippen LogP contribution >= 0.6 is 0 Å². The molecule has 0 aliphatic carbocycles. The minimum atomic E-state index is -1.66. The van der Waals surface area contributed by atoms with Crippen LogP contribution in [0.15, 0.2) is 30.3 Å². The molecule has 0 saturated carbocycles. The normalized spacial score (nSPS) is 11.6. The van der Waals surface area contributed by atoms with Crippen molar-refractivity contribution in [1.29, 1.82) is 0 Å². The summed E-state index contributed by atoms with van der Waals surface area (Å²) in [6, 6.07) is 5.57. The number of carbonyl (C=O) groups excluding carboxylic acids is 2. The molecule has 0 radical (unpaired) electrons. The van der Waals surface area contributed by atoms with Gasteiger partial charge in [0.2, 0.25) is 5.91 Å². The SMILES string of the molecule is COC(=O)c1ccc(C)c(N[C@@H](C)C(=O)Nc2ccc(F)c(F)c2F)c1. The Bertz CT molecular complexity index is 856. The molecule has 0 bridgehead atoms. The Morgan fingerprint density at radius 2 is 1.73 bits per heavy atom. The van der Waals surface area contributed by atoms with E-state index in [1.54, 1.807) is 19.1 Å². The van der Waals surface area contributed by atoms with E-state index in [0.29, 0.717) is 11.3 Å². The molecule has 0 fully saturated rings. The number of esters is 1. The molecule has 0 heterocycles. The number of carbonyl (C=O) groups is 2. The monoisotopic (exact) mass is 366 g/mol. The van der Waals surface area contributed by atoms with E-state index >= 15 is 0 Å². The number of methoxy groups -OCH3 is 1. The zero-order valence-electron chi connectivity index (χ0n) is 14.3. The first-order valence-electron chi connectivity index (χ1n) is 7.64. The number of amides is 1. The van der Waals surface area contributed by atoms with Crippen LogP contribution in [0.5, 0.6) is 0 Å². The van der Waals surface area contributed by atoms with Crippen LogP contribution in [0.3, 0.4) is 0 Å². The maximum Gasteiger partial charge on any atom is 0.337 e. The highest BCUT2D eigenvalue weighted by Crippen LogP contribution is 2.21. The number of hydrogen-bond donors (Lipinski definition) is 2. The van der Waals surface area contributed by atoms with Gasteiger partial charge in [-0.25, -0.2) is 18.0 Å². The Kier molecular flexibility index (Phi) is 5.86. The fourth-order valence-electron chi connectivity index (χ4n) is 2.18. The number of anilines is 2. The highest BCUT2D eigenvalue weighted by atomic mass is 19.2. The third kappa shape index (κ3) is 4.14. The minimum Gasteiger partial charge on any atom is -0.465 e. The van der Waals surface area contributed by atoms with Gasteiger partial charge in [0.1, 0.15) is 6.04 Å². The van der Waals surface area contributed by atoms with Crippen molar-refractivity contribution < 1.29 is 27.5 Å². The molecule has 0 unspecified atom stereocenters. The molecule has 8 heteroatoms. The van der Waals surface area contributed by atoms with Gasteiger partial charge in [0.15, 0.2) is 17.5 Å². The van der Waals surface area contributed by atoms with E-state index in [0.717, 1.165) is 17.7 Å². The van der Waals surface area contributed by atoms with Crippen molar-refractivity contribution in [3.05, 3.63) is 58.9 Å². The zero-order valence-corrected chi connectivity index (χ0v) is 14.3. The molecule has 1 amide bonds. The summed E-state index contributed by atoms with van der Waals surface area (Å²) in [5.74, 6) is -5.69. The number of rotatable bonds is 5. The van der Waals surface area contributed by atoms with Gasteiger partial charge in [-0.1, -0.05) is 6.07 Å². The molecule has 0 aliphatic rings. The maximum atomic E-state index is 13.7. The van der Waals surface area contributed by atoms with E-state index in [-0.39, 0.29) is 0 Å². The minimum absolute atomic E-state index is 0.292. The molecule has 2 N–H and O–H groups in total. The number of halogens is 3. The molecule has 0 aromatic heterocycles. The fraction of sp³-hybridized carbons (Fsp3) is 0.222. The van der Waals surface area contributed by atoms with Gasteiger partial charge < -0.3 is 15.4 Å². The molecule has 1 atom stereocenters. The molecule has 138 valence electrons. The predicted octanol–water partition coefficient (Wildman–Crippen LogP) is 3.64. The van der Waals surface area contributed by atoms with Gasteiger partial charge in [0, 0.05) is 5.69 Å². The fourth-order valence-corrected chi connectivity index (χ4v) is 2.18. The number of hydrogen-bond acceptors (Lipinski definition) is 4. The van der Waals surface area contributed by atoms with Crippen LogP contribution in [-0.4, -0.2) is 25.0 Å². The third-order valence-electron chi connectivity index (χ3n) is 3.72. The smallest absolute Gasteiger partial charge is 0.337 e. The molecular formula is C18H17F3N2O3. The average Bonchev–Trinajstić information content (AvgIpc) is 2.63. The summed E-state index contributed by atoms with van der Waals surface area (Å²) in [7, 11) is 1.25. The van der Waals surface area contributed by atoms with Gasteiger partial charge in [0.05, 0.1) is 18.4 Å². The van der Waals surface area contributed by atoms with Crippen LogP contribution in [0.2, 0.25) is 0 Å².